The molecule has 10 nitrogen and oxygen atoms in total. The summed E-state index contributed by atoms with van der Waals surface area (Å²) in [5.41, 5.74) is 0.342. The number of benzene rings is 2. The van der Waals surface area contributed by atoms with Gasteiger partial charge in [0.25, 0.3) is 0 Å². The van der Waals surface area contributed by atoms with Crippen molar-refractivity contribution in [1.82, 2.24) is 10.2 Å². The summed E-state index contributed by atoms with van der Waals surface area (Å²) in [6.45, 7) is 0. The minimum absolute atomic E-state index is 0.0577. The fourth-order valence-electron chi connectivity index (χ4n) is 2.36. The number of sulfone groups is 2. The van der Waals surface area contributed by atoms with Crippen LogP contribution in [0, 0.1) is 0 Å². The summed E-state index contributed by atoms with van der Waals surface area (Å²) in [5.74, 6) is -2.12. The second-order valence-corrected chi connectivity index (χ2v) is 11.7. The molecule has 0 unspecified atom stereocenters. The minimum atomic E-state index is -4.08. The molecule has 0 aliphatic rings. The summed E-state index contributed by atoms with van der Waals surface area (Å²) >= 11 is 0. The summed E-state index contributed by atoms with van der Waals surface area (Å²) in [6, 6.07) is 15.5. The van der Waals surface area contributed by atoms with Gasteiger partial charge in [-0.3, -0.25) is 4.72 Å². The molecule has 31 heavy (non-hydrogen) atoms. The molecule has 0 aliphatic heterocycles. The number of rotatable bonds is 9. The maximum absolute atomic E-state index is 12.2. The predicted octanol–water partition coefficient (Wildman–Crippen LogP) is 1.87. The third kappa shape index (κ3) is 6.73. The molecule has 164 valence electrons. The molecule has 2 aromatic carbocycles. The largest absolute Gasteiger partial charge is 0.423 e. The number of nitrogens with zero attached hydrogens (tertiary/aromatic N) is 2. The molecule has 0 amide bonds. The Balaban J connectivity index is 1.67. The lowest BCUT2D eigenvalue weighted by Crippen LogP contribution is -2.15. The van der Waals surface area contributed by atoms with E-state index in [1.807, 2.05) is 0 Å². The normalized spacial score (nSPS) is 12.8. The number of sulfonamides is 1. The predicted molar refractivity (Wildman–Crippen MR) is 112 cm³/mol. The number of para-hydroxylation sites is 1. The van der Waals surface area contributed by atoms with E-state index in [-0.39, 0.29) is 16.7 Å². The SMILES string of the molecule is O=S(=O)(/C=C/S(=O)(=O)c1ccccc1)Cc1nnc(CS(=O)(=O)Nc2ccccc2)o1. The molecule has 1 aromatic heterocycles. The quantitative estimate of drug-likeness (QED) is 0.480. The lowest BCUT2D eigenvalue weighted by molar-refractivity contribution is 0.473. The first-order chi connectivity index (χ1) is 14.5. The van der Waals surface area contributed by atoms with Crippen LogP contribution in [0.2, 0.25) is 0 Å². The van der Waals surface area contributed by atoms with E-state index in [1.54, 1.807) is 36.4 Å². The third-order valence-electron chi connectivity index (χ3n) is 3.71. The molecular formula is C18H17N3O7S3. The highest BCUT2D eigenvalue weighted by Gasteiger charge is 2.20. The maximum Gasteiger partial charge on any atom is 0.241 e. The van der Waals surface area contributed by atoms with E-state index in [4.69, 9.17) is 4.42 Å². The molecule has 0 saturated heterocycles. The molecular weight excluding hydrogens is 466 g/mol. The van der Waals surface area contributed by atoms with Crippen LogP contribution in [0.25, 0.3) is 0 Å². The molecule has 0 saturated carbocycles. The lowest BCUT2D eigenvalue weighted by atomic mass is 10.3. The van der Waals surface area contributed by atoms with Crippen LogP contribution in [0.3, 0.4) is 0 Å². The third-order valence-corrected chi connectivity index (χ3v) is 7.68. The van der Waals surface area contributed by atoms with Crippen molar-refractivity contribution < 1.29 is 29.7 Å². The average molecular weight is 484 g/mol. The summed E-state index contributed by atoms with van der Waals surface area (Å²) < 4.78 is 80.5. The minimum Gasteiger partial charge on any atom is -0.423 e. The zero-order valence-electron chi connectivity index (χ0n) is 15.8. The van der Waals surface area contributed by atoms with Gasteiger partial charge in [0.05, 0.1) is 4.90 Å². The molecule has 3 aromatic rings. The zero-order chi connectivity index (χ0) is 22.5. The number of hydrogen-bond acceptors (Lipinski definition) is 9. The zero-order valence-corrected chi connectivity index (χ0v) is 18.3. The standard InChI is InChI=1S/C18H17N3O7S3/c22-29(23,11-12-30(24,25)16-9-5-2-6-10-16)13-17-19-20-18(28-17)14-31(26,27)21-15-7-3-1-4-8-15/h1-12,21H,13-14H2/b12-11+. The van der Waals surface area contributed by atoms with E-state index in [9.17, 15) is 25.3 Å². The van der Waals surface area contributed by atoms with Crippen molar-refractivity contribution in [3.8, 4) is 0 Å². The smallest absolute Gasteiger partial charge is 0.241 e. The molecule has 0 fully saturated rings. The van der Waals surface area contributed by atoms with E-state index < -0.39 is 41.2 Å². The van der Waals surface area contributed by atoms with Crippen molar-refractivity contribution in [2.45, 2.75) is 16.4 Å². The molecule has 13 heteroatoms. The number of aromatic nitrogens is 2. The van der Waals surface area contributed by atoms with Gasteiger partial charge in [-0.2, -0.15) is 0 Å². The molecule has 0 spiro atoms. The van der Waals surface area contributed by atoms with Crippen LogP contribution in [0.4, 0.5) is 5.69 Å². The number of anilines is 1. The van der Waals surface area contributed by atoms with Gasteiger partial charge < -0.3 is 4.42 Å². The maximum atomic E-state index is 12.2. The van der Waals surface area contributed by atoms with E-state index in [0.717, 1.165) is 0 Å². The second kappa shape index (κ2) is 8.99. The van der Waals surface area contributed by atoms with Crippen molar-refractivity contribution >= 4 is 35.4 Å². The Labute approximate surface area is 179 Å². The fraction of sp³-hybridized carbons (Fsp3) is 0.111. The van der Waals surface area contributed by atoms with Crippen molar-refractivity contribution in [1.29, 1.82) is 0 Å². The monoisotopic (exact) mass is 483 g/mol. The van der Waals surface area contributed by atoms with Gasteiger partial charge in [0.1, 0.15) is 11.5 Å². The van der Waals surface area contributed by atoms with E-state index in [0.29, 0.717) is 16.5 Å². The first kappa shape index (κ1) is 22.7. The highest BCUT2D eigenvalue weighted by molar-refractivity contribution is 7.97. The molecule has 0 radical (unpaired) electrons. The Morgan fingerprint density at radius 2 is 1.29 bits per heavy atom. The van der Waals surface area contributed by atoms with Gasteiger partial charge >= 0.3 is 0 Å². The van der Waals surface area contributed by atoms with Crippen LogP contribution in [0.15, 0.2) is 80.8 Å². The Bertz CT molecular complexity index is 1380. The van der Waals surface area contributed by atoms with Crippen molar-refractivity contribution in [3.05, 3.63) is 83.3 Å². The van der Waals surface area contributed by atoms with Crippen molar-refractivity contribution in [2.75, 3.05) is 4.72 Å². The van der Waals surface area contributed by atoms with Crippen LogP contribution in [0.5, 0.6) is 0 Å². The van der Waals surface area contributed by atoms with Gasteiger partial charge in [-0.15, -0.1) is 10.2 Å². The summed E-state index contributed by atoms with van der Waals surface area (Å²) in [4.78, 5) is -0.0577. The summed E-state index contributed by atoms with van der Waals surface area (Å²) in [6.07, 6.45) is 0. The van der Waals surface area contributed by atoms with Gasteiger partial charge in [0.2, 0.25) is 31.6 Å². The molecule has 0 atom stereocenters. The van der Waals surface area contributed by atoms with Crippen LogP contribution >= 0.6 is 0 Å². The highest BCUT2D eigenvalue weighted by atomic mass is 32.2. The Morgan fingerprint density at radius 3 is 1.90 bits per heavy atom. The van der Waals surface area contributed by atoms with Gasteiger partial charge in [-0.1, -0.05) is 36.4 Å². The van der Waals surface area contributed by atoms with Crippen LogP contribution in [-0.2, 0) is 41.2 Å². The first-order valence-electron chi connectivity index (χ1n) is 8.62. The lowest BCUT2D eigenvalue weighted by Gasteiger charge is -2.05. The van der Waals surface area contributed by atoms with Crippen LogP contribution in [0.1, 0.15) is 11.8 Å². The first-order valence-corrected chi connectivity index (χ1v) is 13.5. The van der Waals surface area contributed by atoms with Crippen LogP contribution in [-0.4, -0.2) is 35.5 Å². The van der Waals surface area contributed by atoms with E-state index in [2.05, 4.69) is 14.9 Å². The Kier molecular flexibility index (Phi) is 6.57. The molecule has 1 N–H and O–H groups in total. The molecule has 0 aliphatic carbocycles. The molecule has 0 bridgehead atoms. The Hall–Kier alpha value is -3.03. The van der Waals surface area contributed by atoms with Crippen molar-refractivity contribution in [2.24, 2.45) is 0 Å². The second-order valence-electron chi connectivity index (χ2n) is 6.25. The van der Waals surface area contributed by atoms with E-state index >= 15 is 0 Å². The topological polar surface area (TPSA) is 153 Å². The fourth-order valence-corrected chi connectivity index (χ4v) is 5.88. The number of nitrogens with one attached hydrogen (secondary N) is 1. The summed E-state index contributed by atoms with van der Waals surface area (Å²) in [7, 11) is -11.9. The Morgan fingerprint density at radius 1 is 0.742 bits per heavy atom. The van der Waals surface area contributed by atoms with Gasteiger partial charge in [-0.25, -0.2) is 25.3 Å². The highest BCUT2D eigenvalue weighted by Crippen LogP contribution is 2.15. The number of hydrogen-bond donors (Lipinski definition) is 1. The molecule has 3 rings (SSSR count). The van der Waals surface area contributed by atoms with Crippen LogP contribution < -0.4 is 4.72 Å². The van der Waals surface area contributed by atoms with Gasteiger partial charge in [0.15, 0.2) is 9.84 Å². The van der Waals surface area contributed by atoms with Crippen molar-refractivity contribution in [3.63, 3.8) is 0 Å². The molecule has 1 heterocycles. The van der Waals surface area contributed by atoms with E-state index in [1.165, 1.54) is 24.3 Å². The average Bonchev–Trinajstić information content (AvgIpc) is 3.13. The summed E-state index contributed by atoms with van der Waals surface area (Å²) in [5, 5.41) is 8.17. The van der Waals surface area contributed by atoms with Gasteiger partial charge in [0, 0.05) is 16.5 Å². The van der Waals surface area contributed by atoms with Gasteiger partial charge in [-0.05, 0) is 24.3 Å².